The lowest BCUT2D eigenvalue weighted by atomic mass is 9.99. The highest BCUT2D eigenvalue weighted by Gasteiger charge is 2.26. The molecule has 1 aliphatic heterocycles. The highest BCUT2D eigenvalue weighted by molar-refractivity contribution is 4.79. The number of hydrogen-bond acceptors (Lipinski definition) is 3. The van der Waals surface area contributed by atoms with E-state index in [0.717, 1.165) is 19.4 Å². The zero-order valence-electron chi connectivity index (χ0n) is 8.86. The van der Waals surface area contributed by atoms with Gasteiger partial charge in [-0.3, -0.25) is 0 Å². The van der Waals surface area contributed by atoms with Crippen LogP contribution in [-0.2, 0) is 4.74 Å². The topological polar surface area (TPSA) is 32.7 Å². The van der Waals surface area contributed by atoms with Crippen molar-refractivity contribution < 1.29 is 9.84 Å². The molecule has 0 aromatic carbocycles. The highest BCUT2D eigenvalue weighted by Crippen LogP contribution is 2.22. The van der Waals surface area contributed by atoms with Crippen LogP contribution in [0.2, 0.25) is 0 Å². The molecule has 1 N–H and O–H groups in total. The van der Waals surface area contributed by atoms with Gasteiger partial charge in [-0.2, -0.15) is 0 Å². The van der Waals surface area contributed by atoms with Crippen molar-refractivity contribution >= 4 is 0 Å². The predicted molar refractivity (Wildman–Crippen MR) is 52.7 cm³/mol. The second-order valence-electron chi connectivity index (χ2n) is 4.09. The third-order valence-corrected chi connectivity index (χ3v) is 2.75. The van der Waals surface area contributed by atoms with E-state index in [-0.39, 0.29) is 6.61 Å². The Labute approximate surface area is 80.7 Å². The quantitative estimate of drug-likeness (QED) is 0.711. The monoisotopic (exact) mass is 187 g/mol. The molecule has 78 valence electrons. The first kappa shape index (κ1) is 11.0. The number of nitrogens with zero attached hydrogens (tertiary/aromatic N) is 1. The molecule has 0 saturated carbocycles. The van der Waals surface area contributed by atoms with Crippen molar-refractivity contribution in [3.8, 4) is 0 Å². The molecule has 1 saturated heterocycles. The lowest BCUT2D eigenvalue weighted by Crippen LogP contribution is -2.43. The fraction of sp³-hybridized carbons (Fsp3) is 1.00. The van der Waals surface area contributed by atoms with Gasteiger partial charge in [0.2, 0.25) is 0 Å². The molecule has 3 nitrogen and oxygen atoms in total. The summed E-state index contributed by atoms with van der Waals surface area (Å²) in [4.78, 5) is 2.23. The Kier molecular flexibility index (Phi) is 4.16. The SMILES string of the molecule is CC1CC(N(C)CCO)CC(C)O1. The van der Waals surface area contributed by atoms with E-state index in [9.17, 15) is 0 Å². The number of rotatable bonds is 3. The van der Waals surface area contributed by atoms with Gasteiger partial charge in [0.25, 0.3) is 0 Å². The Balaban J connectivity index is 2.40. The van der Waals surface area contributed by atoms with Crippen molar-refractivity contribution in [3.63, 3.8) is 0 Å². The maximum absolute atomic E-state index is 8.83. The summed E-state index contributed by atoms with van der Waals surface area (Å²) in [5, 5.41) is 8.83. The summed E-state index contributed by atoms with van der Waals surface area (Å²) in [5.74, 6) is 0. The maximum atomic E-state index is 8.83. The maximum Gasteiger partial charge on any atom is 0.0565 e. The van der Waals surface area contributed by atoms with Crippen molar-refractivity contribution in [1.29, 1.82) is 0 Å². The standard InChI is InChI=1S/C10H21NO2/c1-8-6-10(7-9(2)13-8)11(3)4-5-12/h8-10,12H,4-7H2,1-3H3. The van der Waals surface area contributed by atoms with E-state index < -0.39 is 0 Å². The van der Waals surface area contributed by atoms with Gasteiger partial charge >= 0.3 is 0 Å². The first-order valence-electron chi connectivity index (χ1n) is 5.10. The van der Waals surface area contributed by atoms with Crippen LogP contribution in [-0.4, -0.2) is 48.5 Å². The van der Waals surface area contributed by atoms with Gasteiger partial charge in [0, 0.05) is 12.6 Å². The molecule has 1 heterocycles. The summed E-state index contributed by atoms with van der Waals surface area (Å²) in [5.41, 5.74) is 0. The van der Waals surface area contributed by atoms with Crippen LogP contribution < -0.4 is 0 Å². The lowest BCUT2D eigenvalue weighted by Gasteiger charge is -2.37. The highest BCUT2D eigenvalue weighted by atomic mass is 16.5. The number of aliphatic hydroxyl groups excluding tert-OH is 1. The molecule has 0 amide bonds. The lowest BCUT2D eigenvalue weighted by molar-refractivity contribution is -0.0626. The second-order valence-corrected chi connectivity index (χ2v) is 4.09. The van der Waals surface area contributed by atoms with Gasteiger partial charge in [0.1, 0.15) is 0 Å². The first-order valence-corrected chi connectivity index (χ1v) is 5.10. The molecule has 3 heteroatoms. The Morgan fingerprint density at radius 1 is 1.31 bits per heavy atom. The van der Waals surface area contributed by atoms with E-state index >= 15 is 0 Å². The van der Waals surface area contributed by atoms with E-state index in [2.05, 4.69) is 25.8 Å². The molecule has 1 aliphatic rings. The fourth-order valence-corrected chi connectivity index (χ4v) is 2.07. The van der Waals surface area contributed by atoms with Crippen molar-refractivity contribution in [1.82, 2.24) is 4.90 Å². The molecule has 0 bridgehead atoms. The zero-order chi connectivity index (χ0) is 9.84. The van der Waals surface area contributed by atoms with Gasteiger partial charge in [0.05, 0.1) is 18.8 Å². The first-order chi connectivity index (χ1) is 6.13. The Morgan fingerprint density at radius 2 is 1.85 bits per heavy atom. The third-order valence-electron chi connectivity index (χ3n) is 2.75. The Morgan fingerprint density at radius 3 is 2.31 bits per heavy atom. The Bertz CT molecular complexity index is 142. The van der Waals surface area contributed by atoms with Crippen molar-refractivity contribution in [2.75, 3.05) is 20.2 Å². The van der Waals surface area contributed by atoms with Crippen LogP contribution in [0.25, 0.3) is 0 Å². The Hall–Kier alpha value is -0.120. The van der Waals surface area contributed by atoms with E-state index in [0.29, 0.717) is 18.2 Å². The largest absolute Gasteiger partial charge is 0.395 e. The number of aliphatic hydroxyl groups is 1. The van der Waals surface area contributed by atoms with Gasteiger partial charge in [0.15, 0.2) is 0 Å². The molecule has 1 rings (SSSR count). The summed E-state index contributed by atoms with van der Waals surface area (Å²) in [6.45, 7) is 5.26. The molecular weight excluding hydrogens is 166 g/mol. The summed E-state index contributed by atoms with van der Waals surface area (Å²) in [6.07, 6.45) is 2.88. The van der Waals surface area contributed by atoms with Crippen LogP contribution in [0.5, 0.6) is 0 Å². The molecule has 0 aromatic heterocycles. The summed E-state index contributed by atoms with van der Waals surface area (Å²) >= 11 is 0. The minimum atomic E-state index is 0.247. The average Bonchev–Trinajstić information content (AvgIpc) is 2.03. The van der Waals surface area contributed by atoms with Crippen LogP contribution in [0.4, 0.5) is 0 Å². The average molecular weight is 187 g/mol. The van der Waals surface area contributed by atoms with Gasteiger partial charge in [-0.1, -0.05) is 0 Å². The normalized spacial score (nSPS) is 35.3. The molecule has 0 spiro atoms. The van der Waals surface area contributed by atoms with Crippen molar-refractivity contribution in [3.05, 3.63) is 0 Å². The molecule has 2 atom stereocenters. The summed E-state index contributed by atoms with van der Waals surface area (Å²) in [7, 11) is 2.08. The van der Waals surface area contributed by atoms with Crippen LogP contribution in [0.15, 0.2) is 0 Å². The van der Waals surface area contributed by atoms with E-state index in [4.69, 9.17) is 9.84 Å². The van der Waals surface area contributed by atoms with Crippen molar-refractivity contribution in [2.45, 2.75) is 44.9 Å². The minimum Gasteiger partial charge on any atom is -0.395 e. The number of likely N-dealkylation sites (N-methyl/N-ethyl adjacent to an activating group) is 1. The second kappa shape index (κ2) is 4.94. The van der Waals surface area contributed by atoms with Crippen LogP contribution in [0, 0.1) is 0 Å². The fourth-order valence-electron chi connectivity index (χ4n) is 2.07. The minimum absolute atomic E-state index is 0.247. The molecule has 0 aromatic rings. The van der Waals surface area contributed by atoms with Crippen LogP contribution in [0.3, 0.4) is 0 Å². The summed E-state index contributed by atoms with van der Waals surface area (Å²) in [6, 6.07) is 0.575. The van der Waals surface area contributed by atoms with Gasteiger partial charge in [-0.25, -0.2) is 0 Å². The van der Waals surface area contributed by atoms with E-state index in [1.807, 2.05) is 0 Å². The molecule has 0 aliphatic carbocycles. The van der Waals surface area contributed by atoms with Crippen LogP contribution >= 0.6 is 0 Å². The number of ether oxygens (including phenoxy) is 1. The van der Waals surface area contributed by atoms with E-state index in [1.165, 1.54) is 0 Å². The smallest absolute Gasteiger partial charge is 0.0565 e. The van der Waals surface area contributed by atoms with Crippen molar-refractivity contribution in [2.24, 2.45) is 0 Å². The summed E-state index contributed by atoms with van der Waals surface area (Å²) < 4.78 is 5.66. The molecule has 13 heavy (non-hydrogen) atoms. The molecular formula is C10H21NO2. The van der Waals surface area contributed by atoms with Gasteiger partial charge in [-0.05, 0) is 33.7 Å². The number of hydrogen-bond donors (Lipinski definition) is 1. The third kappa shape index (κ3) is 3.25. The molecule has 0 radical (unpaired) electrons. The van der Waals surface area contributed by atoms with Gasteiger partial charge < -0.3 is 14.7 Å². The zero-order valence-corrected chi connectivity index (χ0v) is 8.86. The molecule has 2 unspecified atom stereocenters. The van der Waals surface area contributed by atoms with Gasteiger partial charge in [-0.15, -0.1) is 0 Å². The van der Waals surface area contributed by atoms with Crippen LogP contribution in [0.1, 0.15) is 26.7 Å². The van der Waals surface area contributed by atoms with E-state index in [1.54, 1.807) is 0 Å². The molecule has 1 fully saturated rings. The predicted octanol–water partition coefficient (Wildman–Crippen LogP) is 0.866.